The minimum atomic E-state index is -2.86. The number of hydrogen-bond donors (Lipinski definition) is 0. The molecule has 0 amide bonds. The van der Waals surface area contributed by atoms with E-state index in [0.717, 1.165) is 0 Å². The summed E-state index contributed by atoms with van der Waals surface area (Å²) < 4.78 is 5.38. The topological polar surface area (TPSA) is 0 Å². The van der Waals surface area contributed by atoms with E-state index in [1.54, 1.807) is 0 Å². The number of thiophene rings is 2. The summed E-state index contributed by atoms with van der Waals surface area (Å²) in [6.45, 7) is 0. The van der Waals surface area contributed by atoms with E-state index in [1.807, 2.05) is 22.7 Å². The highest BCUT2D eigenvalue weighted by Crippen LogP contribution is 2.40. The molecular formula is C66H46S2Si2. The van der Waals surface area contributed by atoms with Crippen LogP contribution in [0.1, 0.15) is 0 Å². The summed E-state index contributed by atoms with van der Waals surface area (Å²) in [5.74, 6) is 0. The number of rotatable bonds is 10. The smallest absolute Gasteiger partial charge is 0.135 e. The maximum absolute atomic E-state index is 2.86. The van der Waals surface area contributed by atoms with Crippen molar-refractivity contribution in [3.63, 3.8) is 0 Å². The van der Waals surface area contributed by atoms with E-state index in [4.69, 9.17) is 0 Å². The van der Waals surface area contributed by atoms with Crippen LogP contribution >= 0.6 is 22.7 Å². The lowest BCUT2D eigenvalue weighted by Crippen LogP contribution is -2.74. The Morgan fingerprint density at radius 2 is 0.600 bits per heavy atom. The number of fused-ring (bicyclic) bond motifs is 6. The zero-order chi connectivity index (χ0) is 46.5. The third-order valence-electron chi connectivity index (χ3n) is 14.6. The quantitative estimate of drug-likeness (QED) is 0.0946. The molecule has 13 rings (SSSR count). The largest absolute Gasteiger partial charge is 0.181 e. The highest BCUT2D eigenvalue weighted by molar-refractivity contribution is 7.31. The molecule has 2 heterocycles. The van der Waals surface area contributed by atoms with Crippen molar-refractivity contribution in [2.75, 3.05) is 0 Å². The molecule has 11 aromatic carbocycles. The molecule has 0 spiro atoms. The van der Waals surface area contributed by atoms with Crippen LogP contribution in [0.2, 0.25) is 0 Å². The molecule has 13 aromatic rings. The fourth-order valence-corrected chi connectivity index (χ4v) is 24.0. The minimum Gasteiger partial charge on any atom is -0.135 e. The Bertz CT molecular complexity index is 3900. The Kier molecular flexibility index (Phi) is 10.7. The molecule has 0 aliphatic carbocycles. The van der Waals surface area contributed by atoms with Crippen LogP contribution in [0.4, 0.5) is 0 Å². The second kappa shape index (κ2) is 17.7. The van der Waals surface area contributed by atoms with Crippen LogP contribution < -0.4 is 41.5 Å². The van der Waals surface area contributed by atoms with Gasteiger partial charge < -0.3 is 0 Å². The van der Waals surface area contributed by atoms with Crippen LogP contribution in [0.5, 0.6) is 0 Å². The predicted molar refractivity (Wildman–Crippen MR) is 310 cm³/mol. The fraction of sp³-hybridized carbons (Fsp3) is 0. The van der Waals surface area contributed by atoms with Gasteiger partial charge >= 0.3 is 0 Å². The van der Waals surface area contributed by atoms with Gasteiger partial charge in [0.25, 0.3) is 0 Å². The van der Waals surface area contributed by atoms with E-state index in [9.17, 15) is 0 Å². The second-order valence-electron chi connectivity index (χ2n) is 18.3. The maximum atomic E-state index is 2.51. The van der Waals surface area contributed by atoms with Gasteiger partial charge in [0.2, 0.25) is 0 Å². The Morgan fingerprint density at radius 3 is 1.13 bits per heavy atom. The summed E-state index contributed by atoms with van der Waals surface area (Å²) in [5, 5.41) is 16.4. The van der Waals surface area contributed by atoms with Crippen LogP contribution in [0.3, 0.4) is 0 Å². The van der Waals surface area contributed by atoms with Crippen molar-refractivity contribution in [1.82, 2.24) is 0 Å². The van der Waals surface area contributed by atoms with Gasteiger partial charge in [-0.15, -0.1) is 22.7 Å². The van der Waals surface area contributed by atoms with E-state index < -0.39 is 16.1 Å². The average molecular weight is 959 g/mol. The Morgan fingerprint density at radius 1 is 0.229 bits per heavy atom. The van der Waals surface area contributed by atoms with E-state index in [1.165, 1.54) is 104 Å². The third-order valence-corrected chi connectivity index (χ3v) is 26.8. The molecule has 2 aromatic heterocycles. The molecule has 0 aliphatic rings. The standard InChI is InChI=1S/C66H46S2Si2/c1-5-21-50(22-6-1)69(51-23-7-2-8-24-51,56-29-17-20-49(46-56)57-32-18-33-60-58-30-13-15-35-62(58)67-65(57)60)54-42-38-47(39-43-54)48-40-44-55(45-41-48)70(52-25-9-3-10-26-52,53-27-11-4-12-28-53)64-37-19-34-61-59-31-14-16-36-63(59)68-66(61)64/h1-46H. The average Bonchev–Trinajstić information content (AvgIpc) is 4.02. The lowest BCUT2D eigenvalue weighted by Gasteiger charge is -2.35. The Hall–Kier alpha value is -7.71. The molecule has 0 fully saturated rings. The molecular weight excluding hydrogens is 913 g/mol. The Balaban J connectivity index is 0.961. The molecule has 0 unspecified atom stereocenters. The normalized spacial score (nSPS) is 12.0. The summed E-state index contributed by atoms with van der Waals surface area (Å²) in [5.41, 5.74) is 4.96. The second-order valence-corrected chi connectivity index (χ2v) is 27.9. The van der Waals surface area contributed by atoms with Crippen molar-refractivity contribution >= 4 is 121 Å². The first-order chi connectivity index (χ1) is 34.7. The van der Waals surface area contributed by atoms with Crippen molar-refractivity contribution in [3.05, 3.63) is 279 Å². The van der Waals surface area contributed by atoms with Crippen LogP contribution in [0, 0.1) is 0 Å². The molecule has 0 aliphatic heterocycles. The van der Waals surface area contributed by atoms with Gasteiger partial charge in [-0.25, -0.2) is 0 Å². The van der Waals surface area contributed by atoms with Gasteiger partial charge in [0.15, 0.2) is 16.1 Å². The first-order valence-corrected chi connectivity index (χ1v) is 29.7. The monoisotopic (exact) mass is 958 g/mol. The molecule has 70 heavy (non-hydrogen) atoms. The van der Waals surface area contributed by atoms with Crippen molar-refractivity contribution in [2.45, 2.75) is 0 Å². The highest BCUT2D eigenvalue weighted by Gasteiger charge is 2.44. The molecule has 0 saturated heterocycles. The SMILES string of the molecule is c1ccc([Si](c2ccccc2)(c2ccc(-c3ccc([Si](c4ccccc4)(c4ccccc4)c4cccc5c4sc4ccccc45)cc3)cc2)c2cccc(-c3cccc4c3sc3ccccc34)c2)cc1. The number of benzene rings is 11. The van der Waals surface area contributed by atoms with Gasteiger partial charge in [-0.3, -0.25) is 0 Å². The summed E-state index contributed by atoms with van der Waals surface area (Å²) in [7, 11) is -5.69. The highest BCUT2D eigenvalue weighted by atomic mass is 32.1. The van der Waals surface area contributed by atoms with E-state index in [-0.39, 0.29) is 0 Å². The zero-order valence-corrected chi connectivity index (χ0v) is 42.0. The summed E-state index contributed by atoms with van der Waals surface area (Å²) in [4.78, 5) is 0. The van der Waals surface area contributed by atoms with Crippen LogP contribution in [-0.2, 0) is 0 Å². The van der Waals surface area contributed by atoms with Gasteiger partial charge in [-0.05, 0) is 75.9 Å². The lowest BCUT2D eigenvalue weighted by atomic mass is 10.0. The van der Waals surface area contributed by atoms with Gasteiger partial charge in [0.05, 0.1) is 0 Å². The van der Waals surface area contributed by atoms with E-state index in [2.05, 4.69) is 279 Å². The van der Waals surface area contributed by atoms with Gasteiger partial charge in [0, 0.05) is 40.3 Å². The fourth-order valence-electron chi connectivity index (χ4n) is 11.5. The van der Waals surface area contributed by atoms with Crippen LogP contribution in [0.25, 0.3) is 62.6 Å². The lowest BCUT2D eigenvalue weighted by molar-refractivity contribution is 1.62. The zero-order valence-electron chi connectivity index (χ0n) is 38.4. The maximum Gasteiger partial charge on any atom is 0.181 e. The third kappa shape index (κ3) is 6.82. The van der Waals surface area contributed by atoms with Gasteiger partial charge in [-0.2, -0.15) is 0 Å². The van der Waals surface area contributed by atoms with Crippen LogP contribution in [-0.4, -0.2) is 16.1 Å². The van der Waals surface area contributed by atoms with Gasteiger partial charge in [-0.1, -0.05) is 267 Å². The molecule has 0 bridgehead atoms. The summed E-state index contributed by atoms with van der Waals surface area (Å²) in [6.07, 6.45) is 0. The van der Waals surface area contributed by atoms with Crippen molar-refractivity contribution in [3.8, 4) is 22.3 Å². The molecule has 0 saturated carbocycles. The first-order valence-electron chi connectivity index (χ1n) is 24.1. The Labute approximate surface area is 419 Å². The number of hydrogen-bond acceptors (Lipinski definition) is 2. The van der Waals surface area contributed by atoms with Crippen molar-refractivity contribution < 1.29 is 0 Å². The minimum absolute atomic E-state index is 1.21. The molecule has 330 valence electrons. The molecule has 0 radical (unpaired) electrons. The molecule has 0 nitrogen and oxygen atoms in total. The van der Waals surface area contributed by atoms with Crippen LogP contribution in [0.15, 0.2) is 279 Å². The predicted octanol–water partition coefficient (Wildman–Crippen LogP) is 12.5. The molecule has 0 N–H and O–H groups in total. The van der Waals surface area contributed by atoms with Gasteiger partial charge in [0.1, 0.15) is 0 Å². The summed E-state index contributed by atoms with van der Waals surface area (Å²) >= 11 is 3.83. The summed E-state index contributed by atoms with van der Waals surface area (Å²) in [6, 6.07) is 106. The molecule has 4 heteroatoms. The van der Waals surface area contributed by atoms with Crippen molar-refractivity contribution in [1.29, 1.82) is 0 Å². The molecule has 0 atom stereocenters. The van der Waals surface area contributed by atoms with E-state index >= 15 is 0 Å². The van der Waals surface area contributed by atoms with E-state index in [0.29, 0.717) is 0 Å². The van der Waals surface area contributed by atoms with Crippen molar-refractivity contribution in [2.24, 2.45) is 0 Å². The first kappa shape index (κ1) is 42.4.